The van der Waals surface area contributed by atoms with Crippen molar-refractivity contribution in [1.29, 1.82) is 0 Å². The lowest BCUT2D eigenvalue weighted by molar-refractivity contribution is 0.119. The molecule has 0 spiro atoms. The molecule has 1 N–H and O–H groups in total. The lowest BCUT2D eigenvalue weighted by atomic mass is 10.1. The van der Waals surface area contributed by atoms with Crippen LogP contribution in [0.4, 0.5) is 10.5 Å². The Morgan fingerprint density at radius 1 is 1.04 bits per heavy atom. The number of piperazine rings is 1. The third kappa shape index (κ3) is 4.55. The van der Waals surface area contributed by atoms with Crippen LogP contribution in [0.3, 0.4) is 0 Å². The lowest BCUT2D eigenvalue weighted by Gasteiger charge is -2.38. The molecule has 1 heterocycles. The fourth-order valence-corrected chi connectivity index (χ4v) is 3.26. The predicted molar refractivity (Wildman–Crippen MR) is 105 cm³/mol. The summed E-state index contributed by atoms with van der Waals surface area (Å²) in [6.45, 7) is 8.05. The van der Waals surface area contributed by atoms with Gasteiger partial charge in [0.15, 0.2) is 0 Å². The van der Waals surface area contributed by atoms with Crippen molar-refractivity contribution in [3.8, 4) is 5.75 Å². The number of hydrogen-bond donors (Lipinski definition) is 1. The summed E-state index contributed by atoms with van der Waals surface area (Å²) in [7, 11) is 0. The van der Waals surface area contributed by atoms with Crippen LogP contribution >= 0.6 is 0 Å². The minimum Gasteiger partial charge on any atom is -0.494 e. The number of benzene rings is 2. The van der Waals surface area contributed by atoms with E-state index in [4.69, 9.17) is 4.74 Å². The molecular weight excluding hydrogens is 326 g/mol. The molecule has 1 aliphatic heterocycles. The van der Waals surface area contributed by atoms with Crippen molar-refractivity contribution in [2.24, 2.45) is 0 Å². The van der Waals surface area contributed by atoms with Crippen molar-refractivity contribution in [2.45, 2.75) is 19.9 Å². The highest BCUT2D eigenvalue weighted by atomic mass is 16.5. The quantitative estimate of drug-likeness (QED) is 0.884. The Labute approximate surface area is 155 Å². The van der Waals surface area contributed by atoms with E-state index < -0.39 is 0 Å². The van der Waals surface area contributed by atoms with E-state index in [1.165, 1.54) is 5.56 Å². The predicted octanol–water partition coefficient (Wildman–Crippen LogP) is 4.00. The number of nitrogens with one attached hydrogen (secondary N) is 1. The molecule has 3 rings (SSSR count). The van der Waals surface area contributed by atoms with E-state index >= 15 is 0 Å². The van der Waals surface area contributed by atoms with E-state index in [9.17, 15) is 4.79 Å². The van der Waals surface area contributed by atoms with Crippen molar-refractivity contribution in [1.82, 2.24) is 9.80 Å². The number of nitrogens with zero attached hydrogens (tertiary/aromatic N) is 2. The van der Waals surface area contributed by atoms with Gasteiger partial charge in [-0.15, -0.1) is 0 Å². The van der Waals surface area contributed by atoms with Crippen molar-refractivity contribution in [3.63, 3.8) is 0 Å². The molecule has 0 saturated carbocycles. The zero-order valence-corrected chi connectivity index (χ0v) is 15.5. The number of rotatable bonds is 5. The Morgan fingerprint density at radius 2 is 1.69 bits per heavy atom. The van der Waals surface area contributed by atoms with Crippen LogP contribution in [0.25, 0.3) is 0 Å². The van der Waals surface area contributed by atoms with Crippen LogP contribution in [0.1, 0.15) is 25.5 Å². The Balaban J connectivity index is 1.50. The molecule has 1 atom stereocenters. The van der Waals surface area contributed by atoms with Gasteiger partial charge in [0.2, 0.25) is 0 Å². The van der Waals surface area contributed by atoms with Crippen LogP contribution in [0.15, 0.2) is 54.6 Å². The monoisotopic (exact) mass is 353 g/mol. The van der Waals surface area contributed by atoms with Gasteiger partial charge in [0.1, 0.15) is 5.75 Å². The van der Waals surface area contributed by atoms with Gasteiger partial charge in [0, 0.05) is 37.9 Å². The molecule has 5 nitrogen and oxygen atoms in total. The van der Waals surface area contributed by atoms with Crippen molar-refractivity contribution in [2.75, 3.05) is 38.1 Å². The number of carbonyl (C=O) groups excluding carboxylic acids is 1. The van der Waals surface area contributed by atoms with Crippen molar-refractivity contribution >= 4 is 11.7 Å². The lowest BCUT2D eigenvalue weighted by Crippen LogP contribution is -2.50. The molecule has 0 bridgehead atoms. The van der Waals surface area contributed by atoms with Crippen LogP contribution in [0.2, 0.25) is 0 Å². The van der Waals surface area contributed by atoms with E-state index in [1.54, 1.807) is 0 Å². The summed E-state index contributed by atoms with van der Waals surface area (Å²) in [6, 6.07) is 18.3. The number of ether oxygens (including phenoxy) is 1. The zero-order valence-electron chi connectivity index (χ0n) is 15.5. The van der Waals surface area contributed by atoms with Gasteiger partial charge in [0.25, 0.3) is 0 Å². The number of hydrogen-bond acceptors (Lipinski definition) is 3. The molecule has 0 radical (unpaired) electrons. The standard InChI is InChI=1S/C21H27N3O2/c1-3-26-20-11-9-19(10-12-20)22-21(25)24-15-13-23(14-16-24)17(2)18-7-5-4-6-8-18/h4-12,17H,3,13-16H2,1-2H3,(H,22,25). The molecule has 0 aliphatic carbocycles. The van der Waals surface area contributed by atoms with E-state index in [-0.39, 0.29) is 6.03 Å². The third-order valence-corrected chi connectivity index (χ3v) is 4.85. The Kier molecular flexibility index (Phi) is 6.12. The highest BCUT2D eigenvalue weighted by Crippen LogP contribution is 2.22. The fraction of sp³-hybridized carbons (Fsp3) is 0.381. The van der Waals surface area contributed by atoms with E-state index in [0.29, 0.717) is 12.6 Å². The summed E-state index contributed by atoms with van der Waals surface area (Å²) < 4.78 is 5.42. The maximum atomic E-state index is 12.5. The second-order valence-electron chi connectivity index (χ2n) is 6.50. The van der Waals surface area contributed by atoms with Crippen LogP contribution in [0, 0.1) is 0 Å². The molecule has 2 aromatic carbocycles. The van der Waals surface area contributed by atoms with E-state index in [0.717, 1.165) is 37.6 Å². The summed E-state index contributed by atoms with van der Waals surface area (Å²) in [4.78, 5) is 16.8. The summed E-state index contributed by atoms with van der Waals surface area (Å²) in [6.07, 6.45) is 0. The summed E-state index contributed by atoms with van der Waals surface area (Å²) in [5, 5.41) is 2.97. The number of anilines is 1. The molecule has 0 aromatic heterocycles. The number of carbonyl (C=O) groups is 1. The van der Waals surface area contributed by atoms with Gasteiger partial charge in [-0.2, -0.15) is 0 Å². The molecule has 26 heavy (non-hydrogen) atoms. The molecular formula is C21H27N3O2. The normalized spacial score (nSPS) is 16.2. The average molecular weight is 353 g/mol. The molecule has 1 saturated heterocycles. The van der Waals surface area contributed by atoms with Crippen molar-refractivity contribution < 1.29 is 9.53 Å². The minimum atomic E-state index is -0.0406. The largest absolute Gasteiger partial charge is 0.494 e. The number of amides is 2. The maximum absolute atomic E-state index is 12.5. The highest BCUT2D eigenvalue weighted by Gasteiger charge is 2.24. The molecule has 5 heteroatoms. The zero-order chi connectivity index (χ0) is 18.4. The summed E-state index contributed by atoms with van der Waals surface area (Å²) >= 11 is 0. The van der Waals surface area contributed by atoms with Gasteiger partial charge < -0.3 is 15.0 Å². The Bertz CT molecular complexity index is 695. The Morgan fingerprint density at radius 3 is 2.31 bits per heavy atom. The summed E-state index contributed by atoms with van der Waals surface area (Å²) in [5.41, 5.74) is 2.11. The smallest absolute Gasteiger partial charge is 0.321 e. The molecule has 2 amide bonds. The first kappa shape index (κ1) is 18.3. The van der Waals surface area contributed by atoms with Crippen LogP contribution < -0.4 is 10.1 Å². The maximum Gasteiger partial charge on any atom is 0.321 e. The first-order valence-electron chi connectivity index (χ1n) is 9.25. The van der Waals surface area contributed by atoms with Gasteiger partial charge >= 0.3 is 6.03 Å². The topological polar surface area (TPSA) is 44.8 Å². The number of urea groups is 1. The van der Waals surface area contributed by atoms with E-state index in [1.807, 2.05) is 42.2 Å². The SMILES string of the molecule is CCOc1ccc(NC(=O)N2CCN(C(C)c3ccccc3)CC2)cc1. The third-order valence-electron chi connectivity index (χ3n) is 4.85. The van der Waals surface area contributed by atoms with Gasteiger partial charge in [-0.25, -0.2) is 4.79 Å². The van der Waals surface area contributed by atoms with Gasteiger partial charge in [-0.1, -0.05) is 30.3 Å². The first-order chi connectivity index (χ1) is 12.7. The minimum absolute atomic E-state index is 0.0406. The molecule has 138 valence electrons. The van der Waals surface area contributed by atoms with Gasteiger partial charge in [-0.05, 0) is 43.7 Å². The highest BCUT2D eigenvalue weighted by molar-refractivity contribution is 5.89. The Hall–Kier alpha value is -2.53. The van der Waals surface area contributed by atoms with Gasteiger partial charge in [0.05, 0.1) is 6.61 Å². The average Bonchev–Trinajstić information content (AvgIpc) is 2.70. The van der Waals surface area contributed by atoms with Crippen LogP contribution in [-0.4, -0.2) is 48.6 Å². The fourth-order valence-electron chi connectivity index (χ4n) is 3.26. The molecule has 2 aromatic rings. The van der Waals surface area contributed by atoms with Crippen LogP contribution in [-0.2, 0) is 0 Å². The first-order valence-corrected chi connectivity index (χ1v) is 9.25. The second-order valence-corrected chi connectivity index (χ2v) is 6.50. The molecule has 1 unspecified atom stereocenters. The van der Waals surface area contributed by atoms with Gasteiger partial charge in [-0.3, -0.25) is 4.90 Å². The second kappa shape index (κ2) is 8.72. The molecule has 1 fully saturated rings. The molecule has 1 aliphatic rings. The van der Waals surface area contributed by atoms with Crippen molar-refractivity contribution in [3.05, 3.63) is 60.2 Å². The summed E-state index contributed by atoms with van der Waals surface area (Å²) in [5.74, 6) is 0.814. The van der Waals surface area contributed by atoms with Crippen LogP contribution in [0.5, 0.6) is 5.75 Å². The van der Waals surface area contributed by atoms with E-state index in [2.05, 4.69) is 41.4 Å².